The first-order chi connectivity index (χ1) is 10.1. The van der Waals surface area contributed by atoms with Crippen LogP contribution < -0.4 is 9.47 Å². The number of hydrogen-bond donors (Lipinski definition) is 1. The molecule has 112 valence electrons. The highest BCUT2D eigenvalue weighted by Crippen LogP contribution is 2.32. The van der Waals surface area contributed by atoms with Gasteiger partial charge in [0.25, 0.3) is 0 Å². The summed E-state index contributed by atoms with van der Waals surface area (Å²) in [5, 5.41) is 10.5. The smallest absolute Gasteiger partial charge is 0.141 e. The fourth-order valence-electron chi connectivity index (χ4n) is 1.85. The number of aryl methyl sites for hydroxylation is 1. The maximum absolute atomic E-state index is 9.40. The lowest BCUT2D eigenvalue weighted by Crippen LogP contribution is -2.06. The summed E-state index contributed by atoms with van der Waals surface area (Å²) < 4.78 is 11.2. The Balaban J connectivity index is 1.76. The van der Waals surface area contributed by atoms with E-state index in [2.05, 4.69) is 0 Å². The van der Waals surface area contributed by atoms with E-state index in [1.54, 1.807) is 18.2 Å². The minimum Gasteiger partial charge on any atom is -0.508 e. The second-order valence-corrected chi connectivity index (χ2v) is 5.42. The second kappa shape index (κ2) is 7.43. The highest BCUT2D eigenvalue weighted by atomic mass is 35.5. The predicted octanol–water partition coefficient (Wildman–Crippen LogP) is 4.86. The first-order valence-electron chi connectivity index (χ1n) is 6.56. The number of aromatic hydroxyl groups is 1. The van der Waals surface area contributed by atoms with Crippen molar-refractivity contribution in [3.05, 3.63) is 52.0 Å². The predicted molar refractivity (Wildman–Crippen MR) is 84.9 cm³/mol. The Hall–Kier alpha value is -1.58. The fraction of sp³-hybridized carbons (Fsp3) is 0.250. The largest absolute Gasteiger partial charge is 0.508 e. The van der Waals surface area contributed by atoms with Crippen molar-refractivity contribution in [1.82, 2.24) is 0 Å². The molecule has 1 N–H and O–H groups in total. The van der Waals surface area contributed by atoms with Gasteiger partial charge in [0.2, 0.25) is 0 Å². The first kappa shape index (κ1) is 15.8. The van der Waals surface area contributed by atoms with Gasteiger partial charge in [0.1, 0.15) is 17.2 Å². The molecule has 3 nitrogen and oxygen atoms in total. The molecule has 0 radical (unpaired) electrons. The SMILES string of the molecule is Cc1cc(O)cc(Cl)c1OCCCOc1ccc(Cl)cc1. The summed E-state index contributed by atoms with van der Waals surface area (Å²) in [4.78, 5) is 0. The Morgan fingerprint density at radius 1 is 1.00 bits per heavy atom. The van der Waals surface area contributed by atoms with Gasteiger partial charge < -0.3 is 14.6 Å². The van der Waals surface area contributed by atoms with Crippen LogP contribution in [0.3, 0.4) is 0 Å². The topological polar surface area (TPSA) is 38.7 Å². The molecule has 0 aromatic heterocycles. The molecule has 2 rings (SSSR count). The molecule has 0 atom stereocenters. The van der Waals surface area contributed by atoms with Gasteiger partial charge in [0, 0.05) is 17.5 Å². The summed E-state index contributed by atoms with van der Waals surface area (Å²) in [6, 6.07) is 10.3. The average Bonchev–Trinajstić information content (AvgIpc) is 2.43. The maximum atomic E-state index is 9.40. The van der Waals surface area contributed by atoms with Crippen molar-refractivity contribution in [2.45, 2.75) is 13.3 Å². The van der Waals surface area contributed by atoms with Gasteiger partial charge in [0.05, 0.1) is 18.2 Å². The third-order valence-corrected chi connectivity index (χ3v) is 3.36. The van der Waals surface area contributed by atoms with Crippen LogP contribution in [0.2, 0.25) is 10.0 Å². The fourth-order valence-corrected chi connectivity index (χ4v) is 2.29. The Morgan fingerprint density at radius 3 is 2.33 bits per heavy atom. The van der Waals surface area contributed by atoms with Gasteiger partial charge in [0.15, 0.2) is 0 Å². The van der Waals surface area contributed by atoms with E-state index in [-0.39, 0.29) is 5.75 Å². The summed E-state index contributed by atoms with van der Waals surface area (Å²) in [7, 11) is 0. The van der Waals surface area contributed by atoms with E-state index in [1.165, 1.54) is 6.07 Å². The summed E-state index contributed by atoms with van der Waals surface area (Å²) in [6.07, 6.45) is 0.721. The number of halogens is 2. The van der Waals surface area contributed by atoms with E-state index < -0.39 is 0 Å². The van der Waals surface area contributed by atoms with E-state index in [0.717, 1.165) is 17.7 Å². The summed E-state index contributed by atoms with van der Waals surface area (Å²) in [5.74, 6) is 1.51. The number of phenols is 1. The van der Waals surface area contributed by atoms with Crippen LogP contribution in [0.25, 0.3) is 0 Å². The monoisotopic (exact) mass is 326 g/mol. The van der Waals surface area contributed by atoms with Crippen LogP contribution in [0.4, 0.5) is 0 Å². The third kappa shape index (κ3) is 4.73. The molecule has 2 aromatic carbocycles. The number of rotatable bonds is 6. The molecule has 0 aliphatic rings. The minimum absolute atomic E-state index is 0.135. The van der Waals surface area contributed by atoms with E-state index in [0.29, 0.717) is 29.0 Å². The molecule has 5 heteroatoms. The minimum atomic E-state index is 0.135. The van der Waals surface area contributed by atoms with Crippen molar-refractivity contribution in [2.24, 2.45) is 0 Å². The molecular weight excluding hydrogens is 311 g/mol. The van der Waals surface area contributed by atoms with E-state index in [1.807, 2.05) is 19.1 Å². The van der Waals surface area contributed by atoms with Gasteiger partial charge in [-0.25, -0.2) is 0 Å². The van der Waals surface area contributed by atoms with Gasteiger partial charge in [-0.3, -0.25) is 0 Å². The van der Waals surface area contributed by atoms with Crippen molar-refractivity contribution < 1.29 is 14.6 Å². The molecule has 2 aromatic rings. The second-order valence-electron chi connectivity index (χ2n) is 4.58. The standard InChI is InChI=1S/C16H16Cl2O3/c1-11-9-13(19)10-15(18)16(11)21-8-2-7-20-14-5-3-12(17)4-6-14/h3-6,9-10,19H,2,7-8H2,1H3. The zero-order chi connectivity index (χ0) is 15.2. The summed E-state index contributed by atoms with van der Waals surface area (Å²) >= 11 is 11.8. The molecule has 0 aliphatic heterocycles. The number of phenolic OH excluding ortho intramolecular Hbond substituents is 1. The van der Waals surface area contributed by atoms with Crippen molar-refractivity contribution in [3.8, 4) is 17.2 Å². The Kier molecular flexibility index (Phi) is 5.59. The van der Waals surface area contributed by atoms with E-state index >= 15 is 0 Å². The van der Waals surface area contributed by atoms with Crippen LogP contribution in [-0.2, 0) is 0 Å². The molecule has 0 saturated carbocycles. The first-order valence-corrected chi connectivity index (χ1v) is 7.32. The van der Waals surface area contributed by atoms with Crippen LogP contribution >= 0.6 is 23.2 Å². The van der Waals surface area contributed by atoms with Crippen molar-refractivity contribution in [2.75, 3.05) is 13.2 Å². The normalized spacial score (nSPS) is 10.4. The molecule has 0 saturated heterocycles. The van der Waals surface area contributed by atoms with Gasteiger partial charge in [-0.2, -0.15) is 0 Å². The zero-order valence-electron chi connectivity index (χ0n) is 11.6. The van der Waals surface area contributed by atoms with Crippen LogP contribution in [0.15, 0.2) is 36.4 Å². The molecule has 0 aliphatic carbocycles. The molecule has 0 bridgehead atoms. The zero-order valence-corrected chi connectivity index (χ0v) is 13.1. The molecule has 0 spiro atoms. The van der Waals surface area contributed by atoms with Gasteiger partial charge in [-0.05, 0) is 42.8 Å². The van der Waals surface area contributed by atoms with Gasteiger partial charge in [-0.1, -0.05) is 23.2 Å². The van der Waals surface area contributed by atoms with Crippen molar-refractivity contribution in [3.63, 3.8) is 0 Å². The molecule has 0 heterocycles. The van der Waals surface area contributed by atoms with Crippen LogP contribution in [0.5, 0.6) is 17.2 Å². The molecular formula is C16H16Cl2O3. The van der Waals surface area contributed by atoms with Crippen molar-refractivity contribution >= 4 is 23.2 Å². The quantitative estimate of drug-likeness (QED) is 0.771. The van der Waals surface area contributed by atoms with E-state index in [4.69, 9.17) is 32.7 Å². The number of ether oxygens (including phenoxy) is 2. The van der Waals surface area contributed by atoms with Crippen LogP contribution in [-0.4, -0.2) is 18.3 Å². The van der Waals surface area contributed by atoms with Gasteiger partial charge >= 0.3 is 0 Å². The van der Waals surface area contributed by atoms with Crippen molar-refractivity contribution in [1.29, 1.82) is 0 Å². The van der Waals surface area contributed by atoms with Crippen LogP contribution in [0, 0.1) is 6.92 Å². The lowest BCUT2D eigenvalue weighted by molar-refractivity contribution is 0.246. The average molecular weight is 327 g/mol. The Labute approximate surface area is 134 Å². The lowest BCUT2D eigenvalue weighted by Gasteiger charge is -2.12. The Morgan fingerprint density at radius 2 is 1.67 bits per heavy atom. The highest BCUT2D eigenvalue weighted by molar-refractivity contribution is 6.32. The number of benzene rings is 2. The van der Waals surface area contributed by atoms with E-state index in [9.17, 15) is 5.11 Å². The lowest BCUT2D eigenvalue weighted by atomic mass is 10.2. The van der Waals surface area contributed by atoms with Gasteiger partial charge in [-0.15, -0.1) is 0 Å². The van der Waals surface area contributed by atoms with Crippen LogP contribution in [0.1, 0.15) is 12.0 Å². The molecule has 21 heavy (non-hydrogen) atoms. The molecule has 0 unspecified atom stereocenters. The molecule has 0 fully saturated rings. The highest BCUT2D eigenvalue weighted by Gasteiger charge is 2.07. The summed E-state index contributed by atoms with van der Waals surface area (Å²) in [5.41, 5.74) is 0.804. The number of hydrogen-bond acceptors (Lipinski definition) is 3. The Bertz CT molecular complexity index is 574. The maximum Gasteiger partial charge on any atom is 0.141 e. The summed E-state index contributed by atoms with van der Waals surface area (Å²) in [6.45, 7) is 2.86. The molecule has 0 amide bonds. The third-order valence-electron chi connectivity index (χ3n) is 2.83.